The summed E-state index contributed by atoms with van der Waals surface area (Å²) in [7, 11) is 0. The summed E-state index contributed by atoms with van der Waals surface area (Å²) in [5.74, 6) is -0.589. The number of esters is 1. The Labute approximate surface area is 224 Å². The highest BCUT2D eigenvalue weighted by Crippen LogP contribution is 2.21. The van der Waals surface area contributed by atoms with Gasteiger partial charge >= 0.3 is 5.97 Å². The summed E-state index contributed by atoms with van der Waals surface area (Å²) < 4.78 is 11.2. The van der Waals surface area contributed by atoms with Gasteiger partial charge in [-0.3, -0.25) is 4.79 Å². The van der Waals surface area contributed by atoms with E-state index in [0.29, 0.717) is 24.3 Å². The third-order valence-corrected chi connectivity index (χ3v) is 6.54. The van der Waals surface area contributed by atoms with Gasteiger partial charge in [0, 0.05) is 6.42 Å². The first-order valence-corrected chi connectivity index (χ1v) is 14.2. The van der Waals surface area contributed by atoms with Crippen LogP contribution in [0.3, 0.4) is 0 Å². The van der Waals surface area contributed by atoms with E-state index >= 15 is 0 Å². The standard InChI is InChI=1S/C31H47NO5/c1-4-6-8-10-11-13-16-27(15-12-9-7-5-2)24-37-31(35)30(25(3)33)29(34)17-14-22-36-28-20-18-26(23-32)19-21-28/h18-21,27,34H,4-17,22,24H2,1-3H3. The molecule has 0 saturated carbocycles. The molecule has 0 heterocycles. The number of unbranched alkanes of at least 4 members (excludes halogenated alkanes) is 8. The number of aliphatic hydroxyl groups is 1. The molecule has 1 aromatic carbocycles. The lowest BCUT2D eigenvalue weighted by Crippen LogP contribution is -2.20. The molecule has 0 radical (unpaired) electrons. The number of allylic oxidation sites excluding steroid dienone is 1. The van der Waals surface area contributed by atoms with Gasteiger partial charge in [0.1, 0.15) is 17.1 Å². The molecule has 0 fully saturated rings. The van der Waals surface area contributed by atoms with Crippen LogP contribution in [0, 0.1) is 17.2 Å². The average molecular weight is 514 g/mol. The number of benzene rings is 1. The zero-order valence-corrected chi connectivity index (χ0v) is 23.2. The Morgan fingerprint density at radius 3 is 2.03 bits per heavy atom. The van der Waals surface area contributed by atoms with Crippen LogP contribution < -0.4 is 4.74 Å². The van der Waals surface area contributed by atoms with E-state index in [-0.39, 0.29) is 30.3 Å². The molecule has 206 valence electrons. The fourth-order valence-corrected chi connectivity index (χ4v) is 4.29. The number of Topliss-reactive ketones (excluding diaryl/α,β-unsaturated/α-hetero) is 1. The van der Waals surface area contributed by atoms with Crippen LogP contribution in [0.1, 0.15) is 116 Å². The lowest BCUT2D eigenvalue weighted by Gasteiger charge is -2.18. The van der Waals surface area contributed by atoms with Crippen molar-refractivity contribution in [3.63, 3.8) is 0 Å². The topological polar surface area (TPSA) is 96.6 Å². The molecule has 0 bridgehead atoms. The van der Waals surface area contributed by atoms with Crippen molar-refractivity contribution in [3.05, 3.63) is 41.2 Å². The van der Waals surface area contributed by atoms with Crippen molar-refractivity contribution in [2.45, 2.75) is 111 Å². The number of nitrogens with zero attached hydrogens (tertiary/aromatic N) is 1. The molecular formula is C31H47NO5. The molecule has 6 heteroatoms. The Kier molecular flexibility index (Phi) is 17.7. The first-order chi connectivity index (χ1) is 17.9. The second-order valence-corrected chi connectivity index (χ2v) is 9.84. The minimum atomic E-state index is -0.737. The quantitative estimate of drug-likeness (QED) is 0.0447. The number of carbonyl (C=O) groups is 2. The smallest absolute Gasteiger partial charge is 0.345 e. The van der Waals surface area contributed by atoms with E-state index in [0.717, 1.165) is 25.7 Å². The van der Waals surface area contributed by atoms with Crippen LogP contribution in [0.2, 0.25) is 0 Å². The van der Waals surface area contributed by atoms with E-state index < -0.39 is 11.8 Å². The maximum absolute atomic E-state index is 12.8. The molecule has 1 unspecified atom stereocenters. The van der Waals surface area contributed by atoms with E-state index in [1.807, 2.05) is 0 Å². The Morgan fingerprint density at radius 1 is 0.892 bits per heavy atom. The Hall–Kier alpha value is -2.81. The van der Waals surface area contributed by atoms with Crippen LogP contribution in [0.15, 0.2) is 35.6 Å². The number of hydrogen-bond donors (Lipinski definition) is 1. The molecule has 0 aliphatic carbocycles. The number of ether oxygens (including phenoxy) is 2. The van der Waals surface area contributed by atoms with Crippen LogP contribution in [0.5, 0.6) is 5.75 Å². The third kappa shape index (κ3) is 14.5. The summed E-state index contributed by atoms with van der Waals surface area (Å²) in [5.41, 5.74) is 0.287. The number of aliphatic hydroxyl groups excluding tert-OH is 1. The average Bonchev–Trinajstić information content (AvgIpc) is 2.89. The summed E-state index contributed by atoms with van der Waals surface area (Å²) in [6.07, 6.45) is 14.6. The van der Waals surface area contributed by atoms with Crippen LogP contribution in [0.25, 0.3) is 0 Å². The summed E-state index contributed by atoms with van der Waals surface area (Å²) in [6, 6.07) is 8.79. The van der Waals surface area contributed by atoms with E-state index in [9.17, 15) is 14.7 Å². The van der Waals surface area contributed by atoms with Crippen molar-refractivity contribution < 1.29 is 24.2 Å². The zero-order valence-electron chi connectivity index (χ0n) is 23.2. The van der Waals surface area contributed by atoms with Crippen molar-refractivity contribution in [1.29, 1.82) is 5.26 Å². The number of rotatable bonds is 21. The monoisotopic (exact) mass is 513 g/mol. The van der Waals surface area contributed by atoms with E-state index in [1.54, 1.807) is 24.3 Å². The van der Waals surface area contributed by atoms with Gasteiger partial charge < -0.3 is 14.6 Å². The van der Waals surface area contributed by atoms with Gasteiger partial charge in [0.2, 0.25) is 0 Å². The van der Waals surface area contributed by atoms with Crippen LogP contribution in [-0.4, -0.2) is 30.1 Å². The summed E-state index contributed by atoms with van der Waals surface area (Å²) >= 11 is 0. The summed E-state index contributed by atoms with van der Waals surface area (Å²) in [5, 5.41) is 19.3. The zero-order chi connectivity index (χ0) is 27.3. The second-order valence-electron chi connectivity index (χ2n) is 9.84. The van der Waals surface area contributed by atoms with Gasteiger partial charge in [0.05, 0.1) is 24.8 Å². The van der Waals surface area contributed by atoms with Crippen molar-refractivity contribution in [2.75, 3.05) is 13.2 Å². The highest BCUT2D eigenvalue weighted by molar-refractivity contribution is 6.16. The highest BCUT2D eigenvalue weighted by Gasteiger charge is 2.23. The molecular weight excluding hydrogens is 466 g/mol. The number of carbonyl (C=O) groups excluding carboxylic acids is 2. The van der Waals surface area contributed by atoms with Crippen molar-refractivity contribution in [1.82, 2.24) is 0 Å². The first-order valence-electron chi connectivity index (χ1n) is 14.2. The van der Waals surface area contributed by atoms with Crippen LogP contribution in [-0.2, 0) is 14.3 Å². The molecule has 1 N–H and O–H groups in total. The van der Waals surface area contributed by atoms with Gasteiger partial charge in [-0.05, 0) is 56.4 Å². The minimum Gasteiger partial charge on any atom is -0.511 e. The first kappa shape index (κ1) is 32.2. The lowest BCUT2D eigenvalue weighted by molar-refractivity contribution is -0.142. The summed E-state index contributed by atoms with van der Waals surface area (Å²) in [4.78, 5) is 24.9. The minimum absolute atomic E-state index is 0.137. The maximum atomic E-state index is 12.8. The van der Waals surface area contributed by atoms with Crippen LogP contribution >= 0.6 is 0 Å². The van der Waals surface area contributed by atoms with E-state index in [4.69, 9.17) is 14.7 Å². The number of nitriles is 1. The van der Waals surface area contributed by atoms with Gasteiger partial charge in [-0.1, -0.05) is 78.1 Å². The molecule has 0 aromatic heterocycles. The molecule has 0 spiro atoms. The Morgan fingerprint density at radius 2 is 1.46 bits per heavy atom. The van der Waals surface area contributed by atoms with Gasteiger partial charge in [0.15, 0.2) is 5.78 Å². The number of hydrogen-bond acceptors (Lipinski definition) is 6. The number of ketones is 1. The lowest BCUT2D eigenvalue weighted by atomic mass is 9.95. The van der Waals surface area contributed by atoms with Gasteiger partial charge in [0.25, 0.3) is 0 Å². The molecule has 0 aliphatic heterocycles. The molecule has 0 amide bonds. The van der Waals surface area contributed by atoms with Gasteiger partial charge in [-0.15, -0.1) is 0 Å². The highest BCUT2D eigenvalue weighted by atomic mass is 16.5. The normalized spacial score (nSPS) is 12.4. The second kappa shape index (κ2) is 20.3. The Bertz CT molecular complexity index is 853. The van der Waals surface area contributed by atoms with E-state index in [2.05, 4.69) is 19.9 Å². The van der Waals surface area contributed by atoms with Gasteiger partial charge in [-0.2, -0.15) is 5.26 Å². The predicted molar refractivity (Wildman–Crippen MR) is 147 cm³/mol. The maximum Gasteiger partial charge on any atom is 0.345 e. The van der Waals surface area contributed by atoms with Crippen molar-refractivity contribution in [2.24, 2.45) is 5.92 Å². The largest absolute Gasteiger partial charge is 0.511 e. The molecule has 1 aromatic rings. The Balaban J connectivity index is 2.58. The fraction of sp³-hybridized carbons (Fsp3) is 0.645. The molecule has 0 saturated heterocycles. The fourth-order valence-electron chi connectivity index (χ4n) is 4.29. The molecule has 6 nitrogen and oxygen atoms in total. The molecule has 0 aliphatic rings. The van der Waals surface area contributed by atoms with Crippen LogP contribution in [0.4, 0.5) is 0 Å². The predicted octanol–water partition coefficient (Wildman–Crippen LogP) is 8.00. The summed E-state index contributed by atoms with van der Waals surface area (Å²) in [6.45, 7) is 6.27. The van der Waals surface area contributed by atoms with Crippen molar-refractivity contribution >= 4 is 11.8 Å². The van der Waals surface area contributed by atoms with E-state index in [1.165, 1.54) is 58.3 Å². The van der Waals surface area contributed by atoms with Crippen molar-refractivity contribution in [3.8, 4) is 11.8 Å². The van der Waals surface area contributed by atoms with Gasteiger partial charge in [-0.25, -0.2) is 4.79 Å². The molecule has 37 heavy (non-hydrogen) atoms. The SMILES string of the molecule is CCCCCCCCC(CCCCCC)COC(=O)C(C(C)=O)=C(O)CCCOc1ccc(C#N)cc1. The molecule has 1 atom stereocenters. The molecule has 1 rings (SSSR count). The third-order valence-electron chi connectivity index (χ3n) is 6.54.